The second-order valence-electron chi connectivity index (χ2n) is 5.48. The van der Waals surface area contributed by atoms with E-state index in [1.807, 2.05) is 7.05 Å². The first-order valence-corrected chi connectivity index (χ1v) is 7.32. The van der Waals surface area contributed by atoms with Gasteiger partial charge in [0.15, 0.2) is 0 Å². The van der Waals surface area contributed by atoms with Crippen LogP contribution in [0.5, 0.6) is 0 Å². The molecule has 0 aromatic heterocycles. The summed E-state index contributed by atoms with van der Waals surface area (Å²) in [6, 6.07) is 17.5. The maximum Gasteiger partial charge on any atom is 0.0604 e. The van der Waals surface area contributed by atoms with Gasteiger partial charge in [0.25, 0.3) is 0 Å². The summed E-state index contributed by atoms with van der Waals surface area (Å²) in [7, 11) is 1.98. The Morgan fingerprint density at radius 1 is 1.00 bits per heavy atom. The van der Waals surface area contributed by atoms with Crippen molar-refractivity contribution in [1.82, 2.24) is 5.32 Å². The Balaban J connectivity index is 2.36. The first kappa shape index (κ1) is 13.0. The third-order valence-corrected chi connectivity index (χ3v) is 4.51. The number of hydrogen-bond donors (Lipinski definition) is 1. The van der Waals surface area contributed by atoms with E-state index in [1.165, 1.54) is 22.3 Å². The highest BCUT2D eigenvalue weighted by molar-refractivity contribution is 5.82. The fourth-order valence-corrected chi connectivity index (χ4v) is 3.66. The summed E-state index contributed by atoms with van der Waals surface area (Å²) >= 11 is 0. The standard InChI is InChI=1S/C19H21N/c1-4-13-19(14(2)20-3)17-11-7-5-9-15(17)16-10-6-8-12-18(16)19/h5-12,20H,2,4,13H2,1,3H3. The van der Waals surface area contributed by atoms with Crippen molar-refractivity contribution < 1.29 is 0 Å². The van der Waals surface area contributed by atoms with Crippen molar-refractivity contribution in [3.05, 3.63) is 71.9 Å². The quantitative estimate of drug-likeness (QED) is 0.857. The first-order chi connectivity index (χ1) is 9.75. The molecule has 0 amide bonds. The van der Waals surface area contributed by atoms with Crippen LogP contribution in [0.3, 0.4) is 0 Å². The average Bonchev–Trinajstić information content (AvgIpc) is 2.79. The van der Waals surface area contributed by atoms with E-state index in [1.54, 1.807) is 0 Å². The Morgan fingerprint density at radius 2 is 1.50 bits per heavy atom. The highest BCUT2D eigenvalue weighted by Gasteiger charge is 2.44. The van der Waals surface area contributed by atoms with Gasteiger partial charge in [-0.05, 0) is 28.7 Å². The van der Waals surface area contributed by atoms with Crippen molar-refractivity contribution in [2.45, 2.75) is 25.2 Å². The molecule has 0 radical (unpaired) electrons. The molecule has 1 aliphatic carbocycles. The van der Waals surface area contributed by atoms with Gasteiger partial charge in [-0.25, -0.2) is 0 Å². The molecule has 0 atom stereocenters. The number of allylic oxidation sites excluding steroid dienone is 1. The molecule has 1 N–H and O–H groups in total. The third-order valence-electron chi connectivity index (χ3n) is 4.51. The Morgan fingerprint density at radius 3 is 1.95 bits per heavy atom. The van der Waals surface area contributed by atoms with Crippen LogP contribution >= 0.6 is 0 Å². The lowest BCUT2D eigenvalue weighted by Crippen LogP contribution is -2.33. The molecule has 3 rings (SSSR count). The molecule has 0 fully saturated rings. The number of benzene rings is 2. The van der Waals surface area contributed by atoms with E-state index in [4.69, 9.17) is 0 Å². The second-order valence-corrected chi connectivity index (χ2v) is 5.48. The van der Waals surface area contributed by atoms with E-state index < -0.39 is 0 Å². The van der Waals surface area contributed by atoms with Gasteiger partial charge in [0.1, 0.15) is 0 Å². The fourth-order valence-electron chi connectivity index (χ4n) is 3.66. The van der Waals surface area contributed by atoms with Crippen molar-refractivity contribution >= 4 is 0 Å². The van der Waals surface area contributed by atoms with E-state index in [2.05, 4.69) is 67.4 Å². The van der Waals surface area contributed by atoms with Crippen LogP contribution in [-0.4, -0.2) is 7.05 Å². The number of hydrogen-bond acceptors (Lipinski definition) is 1. The minimum atomic E-state index is -0.0866. The number of nitrogens with one attached hydrogen (secondary N) is 1. The van der Waals surface area contributed by atoms with Gasteiger partial charge >= 0.3 is 0 Å². The molecule has 0 saturated heterocycles. The van der Waals surface area contributed by atoms with Gasteiger partial charge in [0.05, 0.1) is 5.41 Å². The van der Waals surface area contributed by atoms with E-state index in [-0.39, 0.29) is 5.41 Å². The van der Waals surface area contributed by atoms with Crippen molar-refractivity contribution in [3.63, 3.8) is 0 Å². The molecule has 0 saturated carbocycles. The molecule has 0 unspecified atom stereocenters. The normalized spacial score (nSPS) is 14.5. The minimum Gasteiger partial charge on any atom is -0.391 e. The van der Waals surface area contributed by atoms with Gasteiger partial charge in [-0.3, -0.25) is 0 Å². The van der Waals surface area contributed by atoms with Crippen LogP contribution in [0.4, 0.5) is 0 Å². The molecule has 1 nitrogen and oxygen atoms in total. The Bertz CT molecular complexity index is 609. The monoisotopic (exact) mass is 263 g/mol. The number of fused-ring (bicyclic) bond motifs is 3. The largest absolute Gasteiger partial charge is 0.391 e. The Hall–Kier alpha value is -2.02. The molecule has 1 heteroatoms. The van der Waals surface area contributed by atoms with Crippen LogP contribution in [0.15, 0.2) is 60.8 Å². The fraction of sp³-hybridized carbons (Fsp3) is 0.263. The van der Waals surface area contributed by atoms with Crippen molar-refractivity contribution in [2.24, 2.45) is 0 Å². The SMILES string of the molecule is C=C(NC)C1(CCC)c2ccccc2-c2ccccc21. The lowest BCUT2D eigenvalue weighted by molar-refractivity contribution is 0.525. The van der Waals surface area contributed by atoms with Crippen LogP contribution in [0, 0.1) is 0 Å². The van der Waals surface area contributed by atoms with Crippen LogP contribution < -0.4 is 5.32 Å². The summed E-state index contributed by atoms with van der Waals surface area (Å²) in [4.78, 5) is 0. The lowest BCUT2D eigenvalue weighted by Gasteiger charge is -2.34. The molecular weight excluding hydrogens is 242 g/mol. The zero-order valence-corrected chi connectivity index (χ0v) is 12.2. The van der Waals surface area contributed by atoms with E-state index in [9.17, 15) is 0 Å². The predicted molar refractivity (Wildman–Crippen MR) is 85.8 cm³/mol. The summed E-state index contributed by atoms with van der Waals surface area (Å²) in [5, 5.41) is 3.32. The van der Waals surface area contributed by atoms with Crippen molar-refractivity contribution in [3.8, 4) is 11.1 Å². The van der Waals surface area contributed by atoms with Crippen molar-refractivity contribution in [2.75, 3.05) is 7.05 Å². The van der Waals surface area contributed by atoms with Crippen LogP contribution in [0.25, 0.3) is 11.1 Å². The number of rotatable bonds is 4. The zero-order chi connectivity index (χ0) is 14.2. The number of likely N-dealkylation sites (N-methyl/N-ethyl adjacent to an activating group) is 1. The van der Waals surface area contributed by atoms with Gasteiger partial charge in [-0.1, -0.05) is 68.5 Å². The van der Waals surface area contributed by atoms with Crippen LogP contribution in [-0.2, 0) is 5.41 Å². The molecule has 0 spiro atoms. The summed E-state index contributed by atoms with van der Waals surface area (Å²) in [6.45, 7) is 6.58. The van der Waals surface area contributed by atoms with Crippen LogP contribution in [0.1, 0.15) is 30.9 Å². The van der Waals surface area contributed by atoms with Gasteiger partial charge in [0, 0.05) is 12.7 Å². The molecule has 102 valence electrons. The summed E-state index contributed by atoms with van der Waals surface area (Å²) in [5.74, 6) is 0. The topological polar surface area (TPSA) is 12.0 Å². The third kappa shape index (κ3) is 1.56. The maximum atomic E-state index is 4.33. The highest BCUT2D eigenvalue weighted by Crippen LogP contribution is 2.53. The lowest BCUT2D eigenvalue weighted by atomic mass is 9.72. The summed E-state index contributed by atoms with van der Waals surface area (Å²) in [5.41, 5.74) is 6.50. The van der Waals surface area contributed by atoms with Crippen LogP contribution in [0.2, 0.25) is 0 Å². The van der Waals surface area contributed by atoms with Gasteiger partial charge < -0.3 is 5.32 Å². The highest BCUT2D eigenvalue weighted by atomic mass is 14.9. The molecule has 2 aromatic carbocycles. The summed E-state index contributed by atoms with van der Waals surface area (Å²) < 4.78 is 0. The molecular formula is C19H21N. The Labute approximate surface area is 121 Å². The molecule has 0 bridgehead atoms. The van der Waals surface area contributed by atoms with Gasteiger partial charge in [0.2, 0.25) is 0 Å². The molecule has 1 aliphatic rings. The predicted octanol–water partition coefficient (Wildman–Crippen LogP) is 4.49. The van der Waals surface area contributed by atoms with Crippen molar-refractivity contribution in [1.29, 1.82) is 0 Å². The molecule has 2 aromatic rings. The minimum absolute atomic E-state index is 0.0866. The van der Waals surface area contributed by atoms with E-state index >= 15 is 0 Å². The zero-order valence-electron chi connectivity index (χ0n) is 12.2. The molecule has 0 heterocycles. The molecule has 20 heavy (non-hydrogen) atoms. The van der Waals surface area contributed by atoms with Gasteiger partial charge in [-0.15, -0.1) is 0 Å². The molecule has 0 aliphatic heterocycles. The summed E-state index contributed by atoms with van der Waals surface area (Å²) in [6.07, 6.45) is 2.21. The average molecular weight is 263 g/mol. The van der Waals surface area contributed by atoms with Gasteiger partial charge in [-0.2, -0.15) is 0 Å². The van der Waals surface area contributed by atoms with E-state index in [0.717, 1.165) is 18.5 Å². The van der Waals surface area contributed by atoms with E-state index in [0.29, 0.717) is 0 Å². The first-order valence-electron chi connectivity index (χ1n) is 7.32. The second kappa shape index (κ2) is 4.82. The smallest absolute Gasteiger partial charge is 0.0604 e. The maximum absolute atomic E-state index is 4.33. The Kier molecular flexibility index (Phi) is 3.13.